The maximum absolute atomic E-state index is 11.2. The zero-order valence-corrected chi connectivity index (χ0v) is 11.1. The van der Waals surface area contributed by atoms with Crippen molar-refractivity contribution in [1.29, 1.82) is 0 Å². The smallest absolute Gasteiger partial charge is 0.334 e. The van der Waals surface area contributed by atoms with Gasteiger partial charge < -0.3 is 25.7 Å². The van der Waals surface area contributed by atoms with Crippen LogP contribution in [0.5, 0.6) is 0 Å². The van der Waals surface area contributed by atoms with E-state index >= 15 is 0 Å². The lowest BCUT2D eigenvalue weighted by molar-refractivity contribution is -0.146. The fourth-order valence-corrected chi connectivity index (χ4v) is 1.22. The van der Waals surface area contributed by atoms with Crippen molar-refractivity contribution in [2.45, 2.75) is 32.4 Å². The molecule has 0 aliphatic carbocycles. The number of rotatable bonds is 8. The summed E-state index contributed by atoms with van der Waals surface area (Å²) in [6.07, 6.45) is -0.536. The molecule has 0 bridgehead atoms. The van der Waals surface area contributed by atoms with E-state index in [0.29, 0.717) is 19.1 Å². The van der Waals surface area contributed by atoms with Gasteiger partial charge in [-0.1, -0.05) is 6.92 Å². The van der Waals surface area contributed by atoms with Crippen molar-refractivity contribution < 1.29 is 19.8 Å². The Morgan fingerprint density at radius 3 is 2.44 bits per heavy atom. The average Bonchev–Trinajstić information content (AvgIpc) is 2.34. The van der Waals surface area contributed by atoms with Gasteiger partial charge in [-0.15, -0.1) is 0 Å². The highest BCUT2D eigenvalue weighted by atomic mass is 16.4. The number of carboxylic acids is 1. The van der Waals surface area contributed by atoms with Gasteiger partial charge in [-0.3, -0.25) is 0 Å². The molecule has 0 aromatic heterocycles. The zero-order chi connectivity index (χ0) is 14.1. The number of aliphatic hydroxyl groups excluding tert-OH is 1. The third kappa shape index (κ3) is 7.08. The fourth-order valence-electron chi connectivity index (χ4n) is 1.22. The van der Waals surface area contributed by atoms with Crippen LogP contribution >= 0.6 is 0 Å². The first-order valence-corrected chi connectivity index (χ1v) is 6.01. The van der Waals surface area contributed by atoms with E-state index in [9.17, 15) is 9.59 Å². The minimum Gasteiger partial charge on any atom is -0.479 e. The molecule has 0 heterocycles. The summed E-state index contributed by atoms with van der Waals surface area (Å²) in [5.74, 6) is -1.35. The van der Waals surface area contributed by atoms with Gasteiger partial charge in [0.2, 0.25) is 0 Å². The van der Waals surface area contributed by atoms with E-state index < -0.39 is 18.1 Å². The van der Waals surface area contributed by atoms with Gasteiger partial charge in [-0.25, -0.2) is 9.59 Å². The van der Waals surface area contributed by atoms with Crippen molar-refractivity contribution in [2.75, 3.05) is 26.7 Å². The van der Waals surface area contributed by atoms with Crippen molar-refractivity contribution in [3.8, 4) is 0 Å². The Morgan fingerprint density at radius 2 is 1.94 bits per heavy atom. The highest BCUT2D eigenvalue weighted by Crippen LogP contribution is 1.97. The SMILES string of the molecule is CCC(C)N(C)CCNC(=O)NC[C@H](O)C(=O)O. The highest BCUT2D eigenvalue weighted by molar-refractivity contribution is 5.76. The molecule has 7 heteroatoms. The van der Waals surface area contributed by atoms with Gasteiger partial charge in [-0.2, -0.15) is 0 Å². The molecule has 0 aromatic rings. The molecule has 0 saturated heterocycles. The van der Waals surface area contributed by atoms with Gasteiger partial charge in [-0.05, 0) is 20.4 Å². The number of carbonyl (C=O) groups excluding carboxylic acids is 1. The third-order valence-electron chi connectivity index (χ3n) is 2.83. The summed E-state index contributed by atoms with van der Waals surface area (Å²) in [6.45, 7) is 5.07. The average molecular weight is 261 g/mol. The predicted molar refractivity (Wildman–Crippen MR) is 67.4 cm³/mol. The Kier molecular flexibility index (Phi) is 8.06. The van der Waals surface area contributed by atoms with Crippen molar-refractivity contribution >= 4 is 12.0 Å². The van der Waals surface area contributed by atoms with E-state index in [4.69, 9.17) is 10.2 Å². The van der Waals surface area contributed by atoms with Gasteiger partial charge in [0.15, 0.2) is 6.10 Å². The summed E-state index contributed by atoms with van der Waals surface area (Å²) in [5.41, 5.74) is 0. The van der Waals surface area contributed by atoms with Crippen LogP contribution in [0.1, 0.15) is 20.3 Å². The summed E-state index contributed by atoms with van der Waals surface area (Å²) >= 11 is 0. The van der Waals surface area contributed by atoms with Gasteiger partial charge in [0.1, 0.15) is 0 Å². The molecule has 0 rings (SSSR count). The van der Waals surface area contributed by atoms with E-state index in [-0.39, 0.29) is 6.54 Å². The first-order valence-electron chi connectivity index (χ1n) is 6.01. The highest BCUT2D eigenvalue weighted by Gasteiger charge is 2.13. The zero-order valence-electron chi connectivity index (χ0n) is 11.1. The number of nitrogens with zero attached hydrogens (tertiary/aromatic N) is 1. The van der Waals surface area contributed by atoms with E-state index in [1.165, 1.54) is 0 Å². The van der Waals surface area contributed by atoms with E-state index in [2.05, 4.69) is 29.4 Å². The summed E-state index contributed by atoms with van der Waals surface area (Å²) < 4.78 is 0. The number of carbonyl (C=O) groups is 2. The first kappa shape index (κ1) is 16.7. The Morgan fingerprint density at radius 1 is 1.33 bits per heavy atom. The first-order chi connectivity index (χ1) is 8.38. The minimum atomic E-state index is -1.57. The standard InChI is InChI=1S/C11H23N3O4/c1-4-8(2)14(3)6-5-12-11(18)13-7-9(15)10(16)17/h8-9,15H,4-7H2,1-3H3,(H,16,17)(H2,12,13,18)/t8?,9-/m0/s1. The van der Waals surface area contributed by atoms with E-state index in [1.807, 2.05) is 7.05 Å². The van der Waals surface area contributed by atoms with Crippen molar-refractivity contribution in [3.63, 3.8) is 0 Å². The molecule has 2 atom stereocenters. The van der Waals surface area contributed by atoms with Gasteiger partial charge in [0.05, 0.1) is 6.54 Å². The van der Waals surface area contributed by atoms with Crippen LogP contribution < -0.4 is 10.6 Å². The maximum Gasteiger partial charge on any atom is 0.334 e. The molecule has 0 aromatic carbocycles. The third-order valence-corrected chi connectivity index (χ3v) is 2.83. The lowest BCUT2D eigenvalue weighted by Crippen LogP contribution is -2.44. The Bertz CT molecular complexity index is 273. The fraction of sp³-hybridized carbons (Fsp3) is 0.818. The largest absolute Gasteiger partial charge is 0.479 e. The molecule has 7 nitrogen and oxygen atoms in total. The predicted octanol–water partition coefficient (Wildman–Crippen LogP) is -0.539. The molecule has 0 aliphatic rings. The van der Waals surface area contributed by atoms with E-state index in [1.54, 1.807) is 0 Å². The molecule has 106 valence electrons. The number of carboxylic acid groups (broad SMARTS) is 1. The number of hydrogen-bond acceptors (Lipinski definition) is 4. The van der Waals surface area contributed by atoms with Crippen molar-refractivity contribution in [2.24, 2.45) is 0 Å². The molecule has 2 amide bonds. The molecule has 0 spiro atoms. The number of aliphatic hydroxyl groups is 1. The second-order valence-corrected chi connectivity index (χ2v) is 4.23. The van der Waals surface area contributed by atoms with E-state index in [0.717, 1.165) is 6.42 Å². The monoisotopic (exact) mass is 261 g/mol. The minimum absolute atomic E-state index is 0.303. The van der Waals surface area contributed by atoms with Crippen LogP contribution in [0.2, 0.25) is 0 Å². The summed E-state index contributed by atoms with van der Waals surface area (Å²) in [6, 6.07) is -0.0310. The molecule has 0 fully saturated rings. The van der Waals surface area contributed by atoms with Crippen LogP contribution in [-0.4, -0.2) is 65.9 Å². The van der Waals surface area contributed by atoms with Gasteiger partial charge in [0.25, 0.3) is 0 Å². The Balaban J connectivity index is 3.68. The number of hydrogen-bond donors (Lipinski definition) is 4. The topological polar surface area (TPSA) is 102 Å². The summed E-state index contributed by atoms with van der Waals surface area (Å²) in [5, 5.41) is 22.2. The van der Waals surface area contributed by atoms with Crippen LogP contribution in [0.15, 0.2) is 0 Å². The maximum atomic E-state index is 11.2. The number of aliphatic carboxylic acids is 1. The van der Waals surface area contributed by atoms with Gasteiger partial charge >= 0.3 is 12.0 Å². The molecular formula is C11H23N3O4. The number of amides is 2. The van der Waals surface area contributed by atoms with Crippen molar-refractivity contribution in [1.82, 2.24) is 15.5 Å². The Labute approximate surface area is 107 Å². The lowest BCUT2D eigenvalue weighted by Gasteiger charge is -2.23. The normalized spacial score (nSPS) is 14.1. The molecule has 0 radical (unpaired) electrons. The molecule has 1 unspecified atom stereocenters. The van der Waals surface area contributed by atoms with Crippen LogP contribution in [0.4, 0.5) is 4.79 Å². The molecule has 0 aliphatic heterocycles. The number of likely N-dealkylation sites (N-methyl/N-ethyl adjacent to an activating group) is 1. The molecule has 0 saturated carbocycles. The lowest BCUT2D eigenvalue weighted by atomic mass is 10.2. The number of urea groups is 1. The Hall–Kier alpha value is -1.34. The summed E-state index contributed by atoms with van der Waals surface area (Å²) in [7, 11) is 1.97. The van der Waals surface area contributed by atoms with Crippen LogP contribution in [-0.2, 0) is 4.79 Å². The summed E-state index contributed by atoms with van der Waals surface area (Å²) in [4.78, 5) is 23.7. The van der Waals surface area contributed by atoms with Crippen LogP contribution in [0.25, 0.3) is 0 Å². The number of nitrogens with one attached hydrogen (secondary N) is 2. The molecular weight excluding hydrogens is 238 g/mol. The van der Waals surface area contributed by atoms with Crippen molar-refractivity contribution in [3.05, 3.63) is 0 Å². The molecule has 4 N–H and O–H groups in total. The quantitative estimate of drug-likeness (QED) is 0.470. The van der Waals surface area contributed by atoms with Crippen LogP contribution in [0, 0.1) is 0 Å². The second kappa shape index (κ2) is 8.71. The second-order valence-electron chi connectivity index (χ2n) is 4.23. The molecule has 18 heavy (non-hydrogen) atoms. The van der Waals surface area contributed by atoms with Crippen LogP contribution in [0.3, 0.4) is 0 Å². The van der Waals surface area contributed by atoms with Gasteiger partial charge in [0, 0.05) is 19.1 Å².